The number of carbonyl (C=O) groups excluding carboxylic acids is 2. The zero-order valence-corrected chi connectivity index (χ0v) is 54.1. The minimum absolute atomic E-state index is 0.0816. The lowest BCUT2D eigenvalue weighted by molar-refractivity contribution is 0.0981. The van der Waals surface area contributed by atoms with Crippen molar-refractivity contribution in [1.82, 2.24) is 0 Å². The second kappa shape index (κ2) is 26.4. The van der Waals surface area contributed by atoms with Crippen LogP contribution in [0.5, 0.6) is 23.0 Å². The summed E-state index contributed by atoms with van der Waals surface area (Å²) in [6, 6.07) is 55.0. The lowest BCUT2D eigenvalue weighted by Gasteiger charge is -2.30. The maximum atomic E-state index is 17.0. The Morgan fingerprint density at radius 3 is 0.822 bits per heavy atom. The van der Waals surface area contributed by atoms with Gasteiger partial charge in [-0.15, -0.1) is 0 Å². The highest BCUT2D eigenvalue weighted by Gasteiger charge is 2.42. The van der Waals surface area contributed by atoms with E-state index in [-0.39, 0.29) is 44.7 Å². The van der Waals surface area contributed by atoms with Gasteiger partial charge in [-0.3, -0.25) is 9.59 Å². The predicted molar refractivity (Wildman–Crippen MR) is 372 cm³/mol. The molecule has 5 aliphatic rings. The second-order valence-corrected chi connectivity index (χ2v) is 28.8. The molecule has 4 saturated carbocycles. The van der Waals surface area contributed by atoms with Gasteiger partial charge in [0.15, 0.2) is 23.1 Å². The van der Waals surface area contributed by atoms with E-state index in [1.54, 1.807) is 0 Å². The van der Waals surface area contributed by atoms with Crippen molar-refractivity contribution in [3.63, 3.8) is 0 Å². The molecule has 0 radical (unpaired) electrons. The third-order valence-electron chi connectivity index (χ3n) is 20.4. The molecule has 4 N–H and O–H groups in total. The van der Waals surface area contributed by atoms with Crippen LogP contribution in [0.2, 0.25) is 0 Å². The Balaban J connectivity index is 1.02. The maximum absolute atomic E-state index is 17.0. The standard InChI is InChI=1S/C82H92N4O4/c1-81(2,3)61-35-47-67(48-36-61)89-71-51-69(83-63-39-27-57(28-40-63)53-19-11-7-12-20-53)73-75(77(71)85-65-43-31-59(32-44-65)55-23-15-9-16-24-55)79(87)74-70(84-64-41-29-58(30-42-64)54-21-13-8-14-22-54)52-72(90-68-49-37-62(38-50-68)82(4,5)6)78(76(74)80(73)88)86-66-45-33-60(34-46-66)56-25-17-10-18-26-56/h27-56,83-86H,7-26H2,1-6H3. The van der Waals surface area contributed by atoms with Gasteiger partial charge in [-0.1, -0.05) is 191 Å². The predicted octanol–water partition coefficient (Wildman–Crippen LogP) is 23.8. The van der Waals surface area contributed by atoms with Gasteiger partial charge < -0.3 is 30.7 Å². The molecule has 0 unspecified atom stereocenters. The fourth-order valence-corrected chi connectivity index (χ4v) is 15.1. The zero-order valence-electron chi connectivity index (χ0n) is 54.1. The Morgan fingerprint density at radius 1 is 0.311 bits per heavy atom. The van der Waals surface area contributed by atoms with E-state index in [0.717, 1.165) is 22.7 Å². The van der Waals surface area contributed by atoms with Crippen molar-refractivity contribution >= 4 is 57.1 Å². The van der Waals surface area contributed by atoms with E-state index in [4.69, 9.17) is 9.47 Å². The maximum Gasteiger partial charge on any atom is 0.199 e. The van der Waals surface area contributed by atoms with E-state index in [1.165, 1.54) is 162 Å². The number of hydrogen-bond donors (Lipinski definition) is 4. The first-order valence-corrected chi connectivity index (χ1v) is 34.2. The Hall–Kier alpha value is -8.10. The highest BCUT2D eigenvalue weighted by molar-refractivity contribution is 6.36. The number of anilines is 8. The largest absolute Gasteiger partial charge is 0.455 e. The highest BCUT2D eigenvalue weighted by atomic mass is 16.5. The van der Waals surface area contributed by atoms with E-state index < -0.39 is 0 Å². The summed E-state index contributed by atoms with van der Waals surface area (Å²) < 4.78 is 14.3. The van der Waals surface area contributed by atoms with Crippen LogP contribution in [0, 0.1) is 0 Å². The van der Waals surface area contributed by atoms with Crippen LogP contribution in [0.25, 0.3) is 0 Å². The van der Waals surface area contributed by atoms with Gasteiger partial charge >= 0.3 is 0 Å². The molecule has 0 aliphatic heterocycles. The normalized spacial score (nSPS) is 17.1. The molecule has 8 aromatic carbocycles. The van der Waals surface area contributed by atoms with Gasteiger partial charge in [0.2, 0.25) is 0 Å². The molecular formula is C82H92N4O4. The van der Waals surface area contributed by atoms with Gasteiger partial charge in [-0.05, 0) is 192 Å². The summed E-state index contributed by atoms with van der Waals surface area (Å²) in [6.07, 6.45) is 24.5. The van der Waals surface area contributed by atoms with Crippen LogP contribution < -0.4 is 30.7 Å². The summed E-state index contributed by atoms with van der Waals surface area (Å²) in [5.41, 5.74) is 13.3. The highest BCUT2D eigenvalue weighted by Crippen LogP contribution is 2.52. The molecule has 0 saturated heterocycles. The number of carbonyl (C=O) groups is 2. The van der Waals surface area contributed by atoms with E-state index in [1.807, 2.05) is 36.4 Å². The number of ketones is 2. The molecule has 8 aromatic rings. The van der Waals surface area contributed by atoms with Crippen LogP contribution in [-0.2, 0) is 10.8 Å². The van der Waals surface area contributed by atoms with Gasteiger partial charge in [0.25, 0.3) is 0 Å². The molecule has 0 aromatic heterocycles. The number of rotatable bonds is 16. The van der Waals surface area contributed by atoms with Crippen LogP contribution in [0.4, 0.5) is 45.5 Å². The molecule has 90 heavy (non-hydrogen) atoms. The number of benzene rings is 8. The van der Waals surface area contributed by atoms with E-state index >= 15 is 9.59 Å². The first kappa shape index (κ1) is 60.8. The molecule has 4 fully saturated rings. The third-order valence-corrected chi connectivity index (χ3v) is 20.4. The van der Waals surface area contributed by atoms with Crippen LogP contribution in [0.1, 0.15) is 259 Å². The first-order valence-electron chi connectivity index (χ1n) is 34.2. The summed E-state index contributed by atoms with van der Waals surface area (Å²) in [7, 11) is 0. The van der Waals surface area contributed by atoms with Crippen LogP contribution in [0.15, 0.2) is 158 Å². The molecule has 0 bridgehead atoms. The quantitative estimate of drug-likeness (QED) is 0.0759. The smallest absolute Gasteiger partial charge is 0.199 e. The van der Waals surface area contributed by atoms with Crippen molar-refractivity contribution in [1.29, 1.82) is 0 Å². The minimum Gasteiger partial charge on any atom is -0.455 e. The van der Waals surface area contributed by atoms with Gasteiger partial charge in [-0.25, -0.2) is 0 Å². The average molecular weight is 1200 g/mol. The van der Waals surface area contributed by atoms with Crippen molar-refractivity contribution in [3.05, 3.63) is 213 Å². The van der Waals surface area contributed by atoms with Crippen molar-refractivity contribution in [2.24, 2.45) is 0 Å². The molecule has 0 amide bonds. The number of ether oxygens (including phenoxy) is 2. The van der Waals surface area contributed by atoms with Gasteiger partial charge in [0, 0.05) is 34.9 Å². The van der Waals surface area contributed by atoms with Crippen molar-refractivity contribution in [2.75, 3.05) is 21.3 Å². The Bertz CT molecular complexity index is 3560. The summed E-state index contributed by atoms with van der Waals surface area (Å²) in [4.78, 5) is 34.0. The molecule has 5 aliphatic carbocycles. The van der Waals surface area contributed by atoms with Crippen LogP contribution in [-0.4, -0.2) is 11.6 Å². The molecular weight excluding hydrogens is 1100 g/mol. The van der Waals surface area contributed by atoms with E-state index in [0.29, 0.717) is 69.4 Å². The van der Waals surface area contributed by atoms with E-state index in [2.05, 4.69) is 184 Å². The molecule has 8 nitrogen and oxygen atoms in total. The fourth-order valence-electron chi connectivity index (χ4n) is 15.1. The molecule has 0 spiro atoms. The molecule has 8 heteroatoms. The number of fused-ring (bicyclic) bond motifs is 2. The lowest BCUT2D eigenvalue weighted by atomic mass is 9.79. The average Bonchev–Trinajstić information content (AvgIpc) is 0.835. The Morgan fingerprint density at radius 2 is 0.567 bits per heavy atom. The van der Waals surface area contributed by atoms with Crippen molar-refractivity contribution in [3.8, 4) is 23.0 Å². The van der Waals surface area contributed by atoms with Gasteiger partial charge in [-0.2, -0.15) is 0 Å². The van der Waals surface area contributed by atoms with Gasteiger partial charge in [0.05, 0.1) is 45.0 Å². The van der Waals surface area contributed by atoms with Gasteiger partial charge in [0.1, 0.15) is 11.5 Å². The molecule has 464 valence electrons. The zero-order chi connectivity index (χ0) is 61.9. The first-order chi connectivity index (χ1) is 43.7. The number of nitrogens with one attached hydrogen (secondary N) is 4. The summed E-state index contributed by atoms with van der Waals surface area (Å²) >= 11 is 0. The summed E-state index contributed by atoms with van der Waals surface area (Å²) in [6.45, 7) is 13.2. The summed E-state index contributed by atoms with van der Waals surface area (Å²) in [5.74, 6) is 3.42. The topological polar surface area (TPSA) is 101 Å². The summed E-state index contributed by atoms with van der Waals surface area (Å²) in [5, 5.41) is 15.0. The SMILES string of the molecule is CC(C)(C)c1ccc(Oc2cc(Nc3ccc(C4CCCCC4)cc3)c3c(c2Nc2ccc(C4CCCCC4)cc2)C(=O)c2c(Nc4ccc(C5CCCCC5)cc4)cc(Oc4ccc(C(C)(C)C)cc4)c(Nc4ccc(C5CCCCC5)cc4)c2C3=O)cc1. The third kappa shape index (κ3) is 13.5. The Labute approximate surface area is 535 Å². The number of hydrogen-bond acceptors (Lipinski definition) is 8. The van der Waals surface area contributed by atoms with Crippen LogP contribution >= 0.6 is 0 Å². The Kier molecular flexibility index (Phi) is 17.8. The molecule has 0 atom stereocenters. The van der Waals surface area contributed by atoms with Crippen molar-refractivity contribution < 1.29 is 19.1 Å². The second-order valence-electron chi connectivity index (χ2n) is 28.8. The van der Waals surface area contributed by atoms with Crippen molar-refractivity contribution in [2.45, 2.75) is 204 Å². The minimum atomic E-state index is -0.330. The molecule has 13 rings (SSSR count). The monoisotopic (exact) mass is 1200 g/mol. The van der Waals surface area contributed by atoms with Crippen LogP contribution in [0.3, 0.4) is 0 Å². The fraction of sp³-hybridized carbons (Fsp3) is 0.390. The molecule has 0 heterocycles. The lowest BCUT2D eigenvalue weighted by Crippen LogP contribution is -2.26. The van der Waals surface area contributed by atoms with E-state index in [9.17, 15) is 0 Å².